The molecule has 0 fully saturated rings. The summed E-state index contributed by atoms with van der Waals surface area (Å²) >= 11 is 0. The van der Waals surface area contributed by atoms with E-state index in [0.717, 1.165) is 5.56 Å². The van der Waals surface area contributed by atoms with Gasteiger partial charge in [-0.05, 0) is 28.3 Å². The molecule has 7 heteroatoms. The Bertz CT molecular complexity index is 860. The van der Waals surface area contributed by atoms with Gasteiger partial charge in [0.15, 0.2) is 0 Å². The van der Waals surface area contributed by atoms with E-state index >= 15 is 0 Å². The summed E-state index contributed by atoms with van der Waals surface area (Å²) in [4.78, 5) is 33.3. The summed E-state index contributed by atoms with van der Waals surface area (Å²) in [6, 6.07) is 11.4. The van der Waals surface area contributed by atoms with Crippen molar-refractivity contribution >= 4 is 17.6 Å². The van der Waals surface area contributed by atoms with Gasteiger partial charge in [0.25, 0.3) is 5.69 Å². The SMILES string of the molecule is O=C(O)C[C@H](C(=O)O)[C@@H]1c2ccccc2-c2ccc([N+](=O)[O-])cc21. The van der Waals surface area contributed by atoms with Crippen molar-refractivity contribution in [2.75, 3.05) is 0 Å². The molecule has 3 rings (SSSR count). The van der Waals surface area contributed by atoms with Gasteiger partial charge in [-0.3, -0.25) is 19.7 Å². The molecule has 0 unspecified atom stereocenters. The lowest BCUT2D eigenvalue weighted by Crippen LogP contribution is -2.24. The van der Waals surface area contributed by atoms with Gasteiger partial charge in [0.2, 0.25) is 0 Å². The molecule has 122 valence electrons. The highest BCUT2D eigenvalue weighted by Gasteiger charge is 2.39. The van der Waals surface area contributed by atoms with Gasteiger partial charge in [-0.15, -0.1) is 0 Å². The molecular formula is C17H13NO6. The Morgan fingerprint density at radius 1 is 1.08 bits per heavy atom. The third-order valence-electron chi connectivity index (χ3n) is 4.28. The molecule has 2 aromatic rings. The molecule has 1 aliphatic carbocycles. The zero-order valence-corrected chi connectivity index (χ0v) is 12.4. The van der Waals surface area contributed by atoms with E-state index in [1.54, 1.807) is 30.3 Å². The number of carboxylic acids is 2. The first kappa shape index (κ1) is 15.7. The topological polar surface area (TPSA) is 118 Å². The van der Waals surface area contributed by atoms with Gasteiger partial charge in [-0.25, -0.2) is 0 Å². The van der Waals surface area contributed by atoms with Crippen LogP contribution in [0.5, 0.6) is 0 Å². The predicted molar refractivity (Wildman–Crippen MR) is 83.8 cm³/mol. The van der Waals surface area contributed by atoms with Gasteiger partial charge >= 0.3 is 11.9 Å². The summed E-state index contributed by atoms with van der Waals surface area (Å²) in [7, 11) is 0. The van der Waals surface area contributed by atoms with Crippen molar-refractivity contribution < 1.29 is 24.7 Å². The quantitative estimate of drug-likeness (QED) is 0.644. The van der Waals surface area contributed by atoms with E-state index in [9.17, 15) is 24.8 Å². The van der Waals surface area contributed by atoms with E-state index in [4.69, 9.17) is 5.11 Å². The van der Waals surface area contributed by atoms with Gasteiger partial charge in [0.1, 0.15) is 0 Å². The first-order valence-electron chi connectivity index (χ1n) is 7.22. The van der Waals surface area contributed by atoms with Crippen LogP contribution in [0.4, 0.5) is 5.69 Å². The standard InChI is InChI=1S/C17H13NO6/c19-15(20)8-14(17(21)22)16-12-4-2-1-3-10(12)11-6-5-9(18(23)24)7-13(11)16/h1-7,14,16H,8H2,(H,19,20)(H,21,22)/t14-,16+/m0/s1. The monoisotopic (exact) mass is 327 g/mol. The maximum absolute atomic E-state index is 11.7. The molecule has 0 saturated carbocycles. The molecule has 0 saturated heterocycles. The van der Waals surface area contributed by atoms with E-state index in [0.29, 0.717) is 16.7 Å². The van der Waals surface area contributed by atoms with E-state index < -0.39 is 35.1 Å². The van der Waals surface area contributed by atoms with Gasteiger partial charge in [0.05, 0.1) is 17.3 Å². The maximum atomic E-state index is 11.7. The number of carbonyl (C=O) groups is 2. The summed E-state index contributed by atoms with van der Waals surface area (Å²) in [6.45, 7) is 0. The molecule has 0 aromatic heterocycles. The van der Waals surface area contributed by atoms with Crippen molar-refractivity contribution in [3.63, 3.8) is 0 Å². The Morgan fingerprint density at radius 2 is 1.75 bits per heavy atom. The zero-order chi connectivity index (χ0) is 17.4. The fourth-order valence-corrected chi connectivity index (χ4v) is 3.32. The lowest BCUT2D eigenvalue weighted by atomic mass is 9.82. The Kier molecular flexibility index (Phi) is 3.76. The zero-order valence-electron chi connectivity index (χ0n) is 12.4. The van der Waals surface area contributed by atoms with Crippen LogP contribution in [0.1, 0.15) is 23.5 Å². The number of hydrogen-bond acceptors (Lipinski definition) is 4. The minimum absolute atomic E-state index is 0.147. The minimum atomic E-state index is -1.24. The first-order valence-corrected chi connectivity index (χ1v) is 7.22. The Hall–Kier alpha value is -3.22. The second-order valence-electron chi connectivity index (χ2n) is 5.64. The van der Waals surface area contributed by atoms with Crippen LogP contribution in [0.2, 0.25) is 0 Å². The van der Waals surface area contributed by atoms with Crippen molar-refractivity contribution in [1.82, 2.24) is 0 Å². The molecule has 0 radical (unpaired) electrons. The average Bonchev–Trinajstić information content (AvgIpc) is 2.85. The first-order chi connectivity index (χ1) is 11.4. The fourth-order valence-electron chi connectivity index (χ4n) is 3.32. The summed E-state index contributed by atoms with van der Waals surface area (Å²) in [5, 5.41) is 29.6. The van der Waals surface area contributed by atoms with Crippen LogP contribution in [-0.2, 0) is 9.59 Å². The number of carboxylic acid groups (broad SMARTS) is 2. The number of benzene rings is 2. The van der Waals surface area contributed by atoms with Crippen LogP contribution < -0.4 is 0 Å². The fraction of sp³-hybridized carbons (Fsp3) is 0.176. The summed E-state index contributed by atoms with van der Waals surface area (Å²) in [6.07, 6.45) is -0.559. The van der Waals surface area contributed by atoms with Crippen molar-refractivity contribution in [1.29, 1.82) is 0 Å². The van der Waals surface area contributed by atoms with Crippen molar-refractivity contribution in [3.05, 3.63) is 63.7 Å². The molecule has 0 amide bonds. The van der Waals surface area contributed by atoms with Crippen LogP contribution in [-0.4, -0.2) is 27.1 Å². The third-order valence-corrected chi connectivity index (χ3v) is 4.28. The molecular weight excluding hydrogens is 314 g/mol. The second-order valence-corrected chi connectivity index (χ2v) is 5.64. The number of nitro groups is 1. The summed E-state index contributed by atoms with van der Waals surface area (Å²) in [5.74, 6) is -4.40. The van der Waals surface area contributed by atoms with Gasteiger partial charge in [-0.1, -0.05) is 24.3 Å². The number of fused-ring (bicyclic) bond motifs is 3. The highest BCUT2D eigenvalue weighted by atomic mass is 16.6. The van der Waals surface area contributed by atoms with Crippen LogP contribution in [0, 0.1) is 16.0 Å². The molecule has 1 aliphatic rings. The number of non-ortho nitro benzene ring substituents is 1. The molecule has 2 aromatic carbocycles. The minimum Gasteiger partial charge on any atom is -0.481 e. The van der Waals surface area contributed by atoms with Crippen LogP contribution >= 0.6 is 0 Å². The molecule has 0 aliphatic heterocycles. The summed E-state index contributed by atoms with van der Waals surface area (Å²) in [5.41, 5.74) is 2.51. The largest absolute Gasteiger partial charge is 0.481 e. The number of nitro benzene ring substituents is 1. The molecule has 7 nitrogen and oxygen atoms in total. The Morgan fingerprint density at radius 3 is 2.38 bits per heavy atom. The number of rotatable bonds is 5. The lowest BCUT2D eigenvalue weighted by molar-refractivity contribution is -0.384. The molecule has 0 spiro atoms. The highest BCUT2D eigenvalue weighted by Crippen LogP contribution is 2.49. The molecule has 0 bridgehead atoms. The summed E-state index contributed by atoms with van der Waals surface area (Å²) < 4.78 is 0. The van der Waals surface area contributed by atoms with E-state index in [1.165, 1.54) is 12.1 Å². The van der Waals surface area contributed by atoms with Crippen LogP contribution in [0.25, 0.3) is 11.1 Å². The third kappa shape index (κ3) is 2.50. The molecule has 2 atom stereocenters. The molecule has 0 heterocycles. The maximum Gasteiger partial charge on any atom is 0.308 e. The predicted octanol–water partition coefficient (Wildman–Crippen LogP) is 2.88. The number of aliphatic carboxylic acids is 2. The lowest BCUT2D eigenvalue weighted by Gasteiger charge is -2.20. The highest BCUT2D eigenvalue weighted by molar-refractivity contribution is 5.86. The Labute approximate surface area is 136 Å². The van der Waals surface area contributed by atoms with Gasteiger partial charge in [-0.2, -0.15) is 0 Å². The van der Waals surface area contributed by atoms with Crippen molar-refractivity contribution in [3.8, 4) is 11.1 Å². The van der Waals surface area contributed by atoms with Crippen LogP contribution in [0.3, 0.4) is 0 Å². The Balaban J connectivity index is 2.22. The second kappa shape index (κ2) is 5.77. The van der Waals surface area contributed by atoms with E-state index in [1.807, 2.05) is 0 Å². The van der Waals surface area contributed by atoms with Gasteiger partial charge < -0.3 is 10.2 Å². The van der Waals surface area contributed by atoms with Crippen molar-refractivity contribution in [2.24, 2.45) is 5.92 Å². The van der Waals surface area contributed by atoms with E-state index in [2.05, 4.69) is 0 Å². The van der Waals surface area contributed by atoms with Crippen molar-refractivity contribution in [2.45, 2.75) is 12.3 Å². The van der Waals surface area contributed by atoms with E-state index in [-0.39, 0.29) is 5.69 Å². The number of nitrogens with zero attached hydrogens (tertiary/aromatic N) is 1. The average molecular weight is 327 g/mol. The van der Waals surface area contributed by atoms with Gasteiger partial charge in [0, 0.05) is 18.1 Å². The number of hydrogen-bond donors (Lipinski definition) is 2. The van der Waals surface area contributed by atoms with Crippen LogP contribution in [0.15, 0.2) is 42.5 Å². The molecule has 24 heavy (non-hydrogen) atoms. The molecule has 2 N–H and O–H groups in total. The normalized spacial score (nSPS) is 16.1. The smallest absolute Gasteiger partial charge is 0.308 e.